The molecule has 3 rings (SSSR count). The molecule has 1 heterocycles. The van der Waals surface area contributed by atoms with E-state index in [4.69, 9.17) is 9.47 Å². The third-order valence-corrected chi connectivity index (χ3v) is 7.01. The van der Waals surface area contributed by atoms with Crippen LogP contribution in [0.1, 0.15) is 45.1 Å². The van der Waals surface area contributed by atoms with Crippen LogP contribution in [0.15, 0.2) is 30.3 Å². The molecule has 6 atom stereocenters. The Balaban J connectivity index is 1.71. The molecule has 194 valence electrons. The highest BCUT2D eigenvalue weighted by Gasteiger charge is 2.49. The minimum absolute atomic E-state index is 0.100. The Morgan fingerprint density at radius 2 is 1.63 bits per heavy atom. The van der Waals surface area contributed by atoms with Gasteiger partial charge in [-0.05, 0) is 43.1 Å². The van der Waals surface area contributed by atoms with E-state index in [-0.39, 0.29) is 18.2 Å². The smallest absolute Gasteiger partial charge is 0.335 e. The zero-order valence-electron chi connectivity index (χ0n) is 19.9. The van der Waals surface area contributed by atoms with Crippen molar-refractivity contribution >= 4 is 17.8 Å². The minimum atomic E-state index is -1.90. The number of rotatable bonds is 8. The lowest BCUT2D eigenvalue weighted by Crippen LogP contribution is -2.61. The lowest BCUT2D eigenvalue weighted by atomic mass is 9.76. The summed E-state index contributed by atoms with van der Waals surface area (Å²) >= 11 is 0. The van der Waals surface area contributed by atoms with Crippen molar-refractivity contribution in [1.82, 2.24) is 5.32 Å². The number of amides is 1. The highest BCUT2D eigenvalue weighted by Crippen LogP contribution is 2.33. The number of carboxylic acid groups (broad SMARTS) is 1. The predicted octanol–water partition coefficient (Wildman–Crippen LogP) is 0.612. The van der Waals surface area contributed by atoms with Gasteiger partial charge in [-0.15, -0.1) is 0 Å². The third-order valence-electron chi connectivity index (χ3n) is 7.01. The van der Waals surface area contributed by atoms with Gasteiger partial charge in [0.25, 0.3) is 0 Å². The number of benzene rings is 1. The summed E-state index contributed by atoms with van der Waals surface area (Å²) in [5.74, 6) is -1.93. The second-order valence-electron chi connectivity index (χ2n) is 9.78. The van der Waals surface area contributed by atoms with E-state index in [2.05, 4.69) is 19.2 Å². The molecule has 0 bridgehead atoms. The molecule has 0 aromatic heterocycles. The SMILES string of the molecule is CC(C)C1CCC(C(=O)N[C@@H](Cc2ccccc2)C(=O)OC2OC(C(=O)O)C(O)C(O)C2O)CC1. The number of nitrogens with one attached hydrogen (secondary N) is 1. The summed E-state index contributed by atoms with van der Waals surface area (Å²) in [6, 6.07) is 7.83. The average Bonchev–Trinajstić information content (AvgIpc) is 2.84. The molecule has 1 aliphatic carbocycles. The number of aliphatic hydroxyl groups excluding tert-OH is 3. The average molecular weight is 494 g/mol. The number of hydrogen-bond acceptors (Lipinski definition) is 8. The van der Waals surface area contributed by atoms with Gasteiger partial charge in [-0.1, -0.05) is 44.2 Å². The quantitative estimate of drug-likeness (QED) is 0.327. The summed E-state index contributed by atoms with van der Waals surface area (Å²) in [7, 11) is 0. The van der Waals surface area contributed by atoms with Gasteiger partial charge in [-0.3, -0.25) is 4.79 Å². The molecule has 2 aliphatic rings. The van der Waals surface area contributed by atoms with E-state index in [1.807, 2.05) is 6.07 Å². The number of carbonyl (C=O) groups is 3. The maximum Gasteiger partial charge on any atom is 0.335 e. The lowest BCUT2D eigenvalue weighted by molar-refractivity contribution is -0.286. The Labute approximate surface area is 204 Å². The van der Waals surface area contributed by atoms with Gasteiger partial charge in [0.2, 0.25) is 12.2 Å². The molecular formula is C25H35NO9. The van der Waals surface area contributed by atoms with Crippen LogP contribution >= 0.6 is 0 Å². The first-order chi connectivity index (χ1) is 16.6. The van der Waals surface area contributed by atoms with E-state index >= 15 is 0 Å². The van der Waals surface area contributed by atoms with Crippen LogP contribution in [0.4, 0.5) is 0 Å². The van der Waals surface area contributed by atoms with Crippen LogP contribution in [-0.2, 0) is 30.3 Å². The Morgan fingerprint density at radius 1 is 1.00 bits per heavy atom. The Hall–Kier alpha value is -2.53. The fourth-order valence-corrected chi connectivity index (χ4v) is 4.73. The van der Waals surface area contributed by atoms with Gasteiger partial charge in [-0.2, -0.15) is 0 Å². The van der Waals surface area contributed by atoms with Crippen molar-refractivity contribution in [3.8, 4) is 0 Å². The van der Waals surface area contributed by atoms with Gasteiger partial charge < -0.3 is 35.2 Å². The number of esters is 1. The Morgan fingerprint density at radius 3 is 2.20 bits per heavy atom. The largest absolute Gasteiger partial charge is 0.479 e. The first-order valence-electron chi connectivity index (χ1n) is 12.1. The van der Waals surface area contributed by atoms with E-state index < -0.39 is 48.7 Å². The van der Waals surface area contributed by atoms with Crippen LogP contribution in [0, 0.1) is 17.8 Å². The van der Waals surface area contributed by atoms with Crippen LogP contribution in [0.3, 0.4) is 0 Å². The molecule has 10 heteroatoms. The molecule has 10 nitrogen and oxygen atoms in total. The lowest BCUT2D eigenvalue weighted by Gasteiger charge is -2.38. The van der Waals surface area contributed by atoms with Crippen molar-refractivity contribution in [1.29, 1.82) is 0 Å². The monoisotopic (exact) mass is 493 g/mol. The van der Waals surface area contributed by atoms with E-state index in [0.717, 1.165) is 31.2 Å². The number of carboxylic acids is 1. The molecule has 5 unspecified atom stereocenters. The summed E-state index contributed by atoms with van der Waals surface area (Å²) in [5, 5.41) is 42.0. The molecule has 1 saturated carbocycles. The van der Waals surface area contributed by atoms with Gasteiger partial charge in [0.05, 0.1) is 0 Å². The summed E-state index contributed by atoms with van der Waals surface area (Å²) in [5.41, 5.74) is 0.752. The summed E-state index contributed by atoms with van der Waals surface area (Å²) < 4.78 is 10.3. The van der Waals surface area contributed by atoms with Gasteiger partial charge in [0.15, 0.2) is 6.10 Å². The van der Waals surface area contributed by atoms with E-state index in [1.165, 1.54) is 0 Å². The van der Waals surface area contributed by atoms with E-state index in [9.17, 15) is 34.8 Å². The molecular weight excluding hydrogens is 458 g/mol. The summed E-state index contributed by atoms with van der Waals surface area (Å²) in [6.45, 7) is 4.34. The number of aliphatic hydroxyl groups is 3. The Kier molecular flexibility index (Phi) is 9.23. The topological polar surface area (TPSA) is 163 Å². The van der Waals surface area contributed by atoms with E-state index in [1.54, 1.807) is 24.3 Å². The second-order valence-corrected chi connectivity index (χ2v) is 9.78. The second kappa shape index (κ2) is 11.9. The van der Waals surface area contributed by atoms with Crippen LogP contribution in [-0.4, -0.2) is 75.0 Å². The fourth-order valence-electron chi connectivity index (χ4n) is 4.73. The van der Waals surface area contributed by atoms with Gasteiger partial charge in [0, 0.05) is 12.3 Å². The molecule has 1 saturated heterocycles. The van der Waals surface area contributed by atoms with Crippen molar-refractivity contribution in [2.75, 3.05) is 0 Å². The zero-order chi connectivity index (χ0) is 25.7. The molecule has 2 fully saturated rings. The molecule has 5 N–H and O–H groups in total. The molecule has 0 spiro atoms. The predicted molar refractivity (Wildman–Crippen MR) is 123 cm³/mol. The third kappa shape index (κ3) is 6.78. The highest BCUT2D eigenvalue weighted by molar-refractivity contribution is 5.86. The molecule has 1 aliphatic heterocycles. The van der Waals surface area contributed by atoms with Crippen molar-refractivity contribution in [3.63, 3.8) is 0 Å². The summed E-state index contributed by atoms with van der Waals surface area (Å²) in [6.07, 6.45) is -6.01. The maximum atomic E-state index is 13.1. The van der Waals surface area contributed by atoms with Crippen molar-refractivity contribution < 1.29 is 44.3 Å². The van der Waals surface area contributed by atoms with Gasteiger partial charge in [-0.25, -0.2) is 9.59 Å². The van der Waals surface area contributed by atoms with Crippen molar-refractivity contribution in [3.05, 3.63) is 35.9 Å². The number of carbonyl (C=O) groups excluding carboxylic acids is 2. The standard InChI is InChI=1S/C25H35NO9/c1-13(2)15-8-10-16(11-9-15)22(30)26-17(12-14-6-4-3-5-7-14)24(33)35-25-20(29)18(27)19(28)21(34-25)23(31)32/h3-7,13,15-21,25,27-29H,8-12H2,1-2H3,(H,26,30)(H,31,32)/t15?,16?,17-,18?,19?,20?,21?,25?/m0/s1. The van der Waals surface area contributed by atoms with Crippen LogP contribution < -0.4 is 5.32 Å². The zero-order valence-corrected chi connectivity index (χ0v) is 19.9. The summed E-state index contributed by atoms with van der Waals surface area (Å²) in [4.78, 5) is 37.4. The highest BCUT2D eigenvalue weighted by atomic mass is 16.7. The molecule has 1 aromatic rings. The van der Waals surface area contributed by atoms with Crippen LogP contribution in [0.25, 0.3) is 0 Å². The first kappa shape index (κ1) is 27.1. The van der Waals surface area contributed by atoms with Gasteiger partial charge in [0.1, 0.15) is 24.4 Å². The van der Waals surface area contributed by atoms with Crippen LogP contribution in [0.2, 0.25) is 0 Å². The molecule has 35 heavy (non-hydrogen) atoms. The van der Waals surface area contributed by atoms with E-state index in [0.29, 0.717) is 11.8 Å². The first-order valence-corrected chi connectivity index (χ1v) is 12.1. The number of aliphatic carboxylic acids is 1. The number of hydrogen-bond donors (Lipinski definition) is 5. The van der Waals surface area contributed by atoms with Crippen molar-refractivity contribution in [2.24, 2.45) is 17.8 Å². The molecule has 0 radical (unpaired) electrons. The van der Waals surface area contributed by atoms with Crippen molar-refractivity contribution in [2.45, 2.75) is 82.7 Å². The number of ether oxygens (including phenoxy) is 2. The Bertz CT molecular complexity index is 869. The normalized spacial score (nSPS) is 32.0. The fraction of sp³-hybridized carbons (Fsp3) is 0.640. The molecule has 1 amide bonds. The maximum absolute atomic E-state index is 13.1. The molecule has 1 aromatic carbocycles. The van der Waals surface area contributed by atoms with Gasteiger partial charge >= 0.3 is 11.9 Å². The van der Waals surface area contributed by atoms with Crippen LogP contribution in [0.5, 0.6) is 0 Å². The minimum Gasteiger partial charge on any atom is -0.479 e.